The Morgan fingerprint density at radius 3 is 2.44 bits per heavy atom. The quantitative estimate of drug-likeness (QED) is 0.284. The van der Waals surface area contributed by atoms with E-state index in [1.54, 1.807) is 68.6 Å². The van der Waals surface area contributed by atoms with Gasteiger partial charge in [-0.3, -0.25) is 24.2 Å². The maximum absolute atomic E-state index is 14.1. The van der Waals surface area contributed by atoms with Gasteiger partial charge in [0, 0.05) is 49.7 Å². The standard InChI is InChI=1S/C30H32N4O7/c1-33(2)19-12-15(8-7-14-6-5-9-32-13-14)24(35)21-17(19)10-16-11-18-23(34(3)4)26(37)22(29(31)40)28(39)30(18,41)27(38)20(16)25(21)36/h5-6,9,12-13,16,18,20,22-23,26,35,37,41H,10-11H2,1-4H3,(H2,31,40)/t16-,18-,20?,22?,23-,26?,30-/m1/s1. The van der Waals surface area contributed by atoms with Gasteiger partial charge in [-0.1, -0.05) is 11.8 Å². The first-order valence-electron chi connectivity index (χ1n) is 13.3. The number of carbonyl (C=O) groups is 4. The zero-order chi connectivity index (χ0) is 30.0. The summed E-state index contributed by atoms with van der Waals surface area (Å²) in [6.45, 7) is 0. The highest BCUT2D eigenvalue weighted by Crippen LogP contribution is 2.52. The number of Topliss-reactive ketones (excluding diaryl/α,β-unsaturated/α-hetero) is 3. The Morgan fingerprint density at radius 2 is 1.85 bits per heavy atom. The van der Waals surface area contributed by atoms with E-state index in [9.17, 15) is 34.5 Å². The van der Waals surface area contributed by atoms with Crippen LogP contribution in [0.1, 0.15) is 33.5 Å². The van der Waals surface area contributed by atoms with Crippen molar-refractivity contribution in [2.24, 2.45) is 29.4 Å². The van der Waals surface area contributed by atoms with Crippen molar-refractivity contribution in [3.63, 3.8) is 0 Å². The minimum absolute atomic E-state index is 0.0470. The fourth-order valence-electron chi connectivity index (χ4n) is 6.94. The lowest BCUT2D eigenvalue weighted by atomic mass is 9.52. The van der Waals surface area contributed by atoms with Gasteiger partial charge in [-0.15, -0.1) is 0 Å². The largest absolute Gasteiger partial charge is 0.506 e. The number of aliphatic hydroxyl groups excluding tert-OH is 1. The van der Waals surface area contributed by atoms with Crippen LogP contribution in [0.3, 0.4) is 0 Å². The lowest BCUT2D eigenvalue weighted by Gasteiger charge is -2.55. The second kappa shape index (κ2) is 10.1. The van der Waals surface area contributed by atoms with Crippen LogP contribution >= 0.6 is 0 Å². The number of amides is 1. The molecule has 11 nitrogen and oxygen atoms in total. The highest BCUT2D eigenvalue weighted by molar-refractivity contribution is 6.25. The number of hydrogen-bond donors (Lipinski definition) is 4. The number of likely N-dealkylation sites (N-methyl/N-ethyl adjacent to an activating group) is 1. The number of benzene rings is 1. The minimum atomic E-state index is -2.71. The Balaban J connectivity index is 1.65. The summed E-state index contributed by atoms with van der Waals surface area (Å²) in [5.74, 6) is -3.69. The van der Waals surface area contributed by atoms with Crippen LogP contribution in [-0.2, 0) is 20.8 Å². The van der Waals surface area contributed by atoms with Gasteiger partial charge in [0.1, 0.15) is 11.7 Å². The summed E-state index contributed by atoms with van der Waals surface area (Å²) in [5, 5.41) is 34.0. The maximum Gasteiger partial charge on any atom is 0.230 e. The summed E-state index contributed by atoms with van der Waals surface area (Å²) in [6.07, 6.45) is 1.86. The highest BCUT2D eigenvalue weighted by atomic mass is 16.3. The summed E-state index contributed by atoms with van der Waals surface area (Å²) in [6, 6.07) is 4.19. The number of nitrogens with two attached hydrogens (primary N) is 1. The van der Waals surface area contributed by atoms with Crippen molar-refractivity contribution in [3.8, 4) is 17.6 Å². The third-order valence-electron chi connectivity index (χ3n) is 8.75. The molecule has 11 heteroatoms. The van der Waals surface area contributed by atoms with Gasteiger partial charge < -0.3 is 30.9 Å². The van der Waals surface area contributed by atoms with Gasteiger partial charge in [0.15, 0.2) is 23.0 Å². The first kappa shape index (κ1) is 28.4. The molecule has 2 aromatic rings. The smallest absolute Gasteiger partial charge is 0.230 e. The molecule has 0 saturated heterocycles. The number of rotatable bonds is 3. The lowest BCUT2D eigenvalue weighted by Crippen LogP contribution is -2.75. The molecule has 0 aliphatic heterocycles. The molecule has 3 aliphatic carbocycles. The van der Waals surface area contributed by atoms with Gasteiger partial charge >= 0.3 is 0 Å². The van der Waals surface area contributed by atoms with Gasteiger partial charge in [-0.2, -0.15) is 0 Å². The monoisotopic (exact) mass is 560 g/mol. The molecule has 0 bridgehead atoms. The topological polar surface area (TPSA) is 174 Å². The molecule has 41 heavy (non-hydrogen) atoms. The third kappa shape index (κ3) is 4.22. The van der Waals surface area contributed by atoms with Crippen molar-refractivity contribution in [1.29, 1.82) is 0 Å². The van der Waals surface area contributed by atoms with Crippen molar-refractivity contribution >= 4 is 28.9 Å². The summed E-state index contributed by atoms with van der Waals surface area (Å²) in [5.41, 5.74) is 4.56. The average molecular weight is 561 g/mol. The fraction of sp³-hybridized carbons (Fsp3) is 0.433. The van der Waals surface area contributed by atoms with E-state index in [-0.39, 0.29) is 29.7 Å². The van der Waals surface area contributed by atoms with E-state index in [0.29, 0.717) is 16.8 Å². The van der Waals surface area contributed by atoms with E-state index >= 15 is 0 Å². The molecule has 214 valence electrons. The van der Waals surface area contributed by atoms with Gasteiger partial charge in [0.2, 0.25) is 5.91 Å². The molecule has 1 aromatic heterocycles. The van der Waals surface area contributed by atoms with Crippen molar-refractivity contribution < 1.29 is 34.5 Å². The zero-order valence-electron chi connectivity index (χ0n) is 23.2. The molecule has 0 spiro atoms. The normalized spacial score (nSPS) is 30.6. The number of fused-ring (bicyclic) bond motifs is 3. The summed E-state index contributed by atoms with van der Waals surface area (Å²) in [7, 11) is 6.79. The molecule has 5 N–H and O–H groups in total. The van der Waals surface area contributed by atoms with E-state index in [1.165, 1.54) is 0 Å². The molecule has 2 saturated carbocycles. The average Bonchev–Trinajstić information content (AvgIpc) is 2.90. The molecular formula is C30H32N4O7. The van der Waals surface area contributed by atoms with Gasteiger partial charge in [0.05, 0.1) is 23.1 Å². The highest BCUT2D eigenvalue weighted by Gasteiger charge is 2.69. The molecule has 0 radical (unpaired) electrons. The molecule has 2 fully saturated rings. The Labute approximate surface area is 237 Å². The number of anilines is 1. The minimum Gasteiger partial charge on any atom is -0.506 e. The molecule has 1 aromatic carbocycles. The van der Waals surface area contributed by atoms with Crippen LogP contribution < -0.4 is 10.6 Å². The van der Waals surface area contributed by atoms with Crippen molar-refractivity contribution in [3.05, 3.63) is 52.8 Å². The van der Waals surface area contributed by atoms with E-state index < -0.39 is 64.7 Å². The number of phenols is 1. The molecular weight excluding hydrogens is 528 g/mol. The number of hydrogen-bond acceptors (Lipinski definition) is 10. The van der Waals surface area contributed by atoms with Gasteiger partial charge in [0.25, 0.3) is 0 Å². The number of phenolic OH excluding ortho intramolecular Hbond substituents is 1. The first-order chi connectivity index (χ1) is 19.3. The Morgan fingerprint density at radius 1 is 1.15 bits per heavy atom. The Bertz CT molecular complexity index is 1530. The molecule has 3 unspecified atom stereocenters. The predicted molar refractivity (Wildman–Crippen MR) is 147 cm³/mol. The number of carbonyl (C=O) groups excluding carboxylic acids is 4. The van der Waals surface area contributed by atoms with E-state index in [1.807, 2.05) is 0 Å². The molecule has 5 rings (SSSR count). The lowest BCUT2D eigenvalue weighted by molar-refractivity contribution is -0.190. The van der Waals surface area contributed by atoms with Crippen LogP contribution in [0.4, 0.5) is 5.69 Å². The number of nitrogens with zero attached hydrogens (tertiary/aromatic N) is 3. The van der Waals surface area contributed by atoms with Crippen molar-refractivity contribution in [1.82, 2.24) is 9.88 Å². The van der Waals surface area contributed by atoms with Crippen LogP contribution in [-0.4, -0.2) is 94.4 Å². The number of aromatic nitrogens is 1. The van der Waals surface area contributed by atoms with Crippen LogP contribution in [0.2, 0.25) is 0 Å². The first-order valence-corrected chi connectivity index (χ1v) is 13.3. The molecule has 1 amide bonds. The van der Waals surface area contributed by atoms with Gasteiger partial charge in [-0.25, -0.2) is 0 Å². The predicted octanol–water partition coefficient (Wildman–Crippen LogP) is -0.480. The molecule has 1 heterocycles. The van der Waals surface area contributed by atoms with Crippen LogP contribution in [0.25, 0.3) is 0 Å². The SMILES string of the molecule is CN(C)c1cc(C#Cc2cccnc2)c(O)c2c1C[C@@H]1C[C@@H]3[C@@H](N(C)C)C(O)C(C(N)=O)C(=O)[C@]3(O)C(=O)C1C2=O. The summed E-state index contributed by atoms with van der Waals surface area (Å²) >= 11 is 0. The Kier molecular flexibility index (Phi) is 6.98. The maximum atomic E-state index is 14.1. The van der Waals surface area contributed by atoms with Crippen molar-refractivity contribution in [2.75, 3.05) is 33.1 Å². The van der Waals surface area contributed by atoms with E-state index in [0.717, 1.165) is 0 Å². The van der Waals surface area contributed by atoms with Gasteiger partial charge in [-0.05, 0) is 56.6 Å². The van der Waals surface area contributed by atoms with E-state index in [4.69, 9.17) is 5.73 Å². The number of primary amides is 1. The molecule has 3 aliphatic rings. The number of pyridine rings is 1. The second-order valence-electron chi connectivity index (χ2n) is 11.5. The summed E-state index contributed by atoms with van der Waals surface area (Å²) < 4.78 is 0. The zero-order valence-corrected chi connectivity index (χ0v) is 23.2. The van der Waals surface area contributed by atoms with Crippen LogP contribution in [0.15, 0.2) is 30.6 Å². The second-order valence-corrected chi connectivity index (χ2v) is 11.5. The number of ketones is 3. The number of aliphatic hydroxyl groups is 2. The summed E-state index contributed by atoms with van der Waals surface area (Å²) in [4.78, 5) is 61.2. The van der Waals surface area contributed by atoms with Crippen LogP contribution in [0.5, 0.6) is 5.75 Å². The van der Waals surface area contributed by atoms with Crippen LogP contribution in [0, 0.1) is 35.5 Å². The fourth-order valence-corrected chi connectivity index (χ4v) is 6.94. The molecule has 7 atom stereocenters. The van der Waals surface area contributed by atoms with E-state index in [2.05, 4.69) is 16.8 Å². The third-order valence-corrected chi connectivity index (χ3v) is 8.75. The Hall–Kier alpha value is -4.11. The number of aromatic hydroxyl groups is 1. The van der Waals surface area contributed by atoms with Crippen molar-refractivity contribution in [2.45, 2.75) is 30.6 Å².